The first-order valence-corrected chi connectivity index (χ1v) is 14.8. The van der Waals surface area contributed by atoms with Crippen molar-refractivity contribution < 1.29 is 4.79 Å². The summed E-state index contributed by atoms with van der Waals surface area (Å²) in [5, 5.41) is 8.09. The standard InChI is InChI=1S/C31H43N5OS/c1-4-24(3)28-29(37)36(27-13-17-34(18-14-27)22-25-10-6-5-7-11-25)31(33-28)15-19-35(20-16-31)30(38)32-26-12-8-9-23(2)21-26/h5-12,21,24,27-28,33H,4,13-20,22H2,1-3H3,(H,32,38). The van der Waals surface area contributed by atoms with Crippen molar-refractivity contribution in [1.82, 2.24) is 20.0 Å². The van der Waals surface area contributed by atoms with Crippen LogP contribution in [0.15, 0.2) is 54.6 Å². The van der Waals surface area contributed by atoms with Crippen molar-refractivity contribution in [3.05, 3.63) is 65.7 Å². The minimum atomic E-state index is -0.271. The number of piperidine rings is 2. The third kappa shape index (κ3) is 5.75. The van der Waals surface area contributed by atoms with Crippen molar-refractivity contribution in [2.45, 2.75) is 77.2 Å². The van der Waals surface area contributed by atoms with Crippen LogP contribution in [-0.2, 0) is 11.3 Å². The van der Waals surface area contributed by atoms with E-state index >= 15 is 0 Å². The largest absolute Gasteiger partial charge is 0.349 e. The van der Waals surface area contributed by atoms with Gasteiger partial charge in [-0.15, -0.1) is 0 Å². The van der Waals surface area contributed by atoms with E-state index in [1.54, 1.807) is 0 Å². The Labute approximate surface area is 233 Å². The molecule has 6 nitrogen and oxygen atoms in total. The van der Waals surface area contributed by atoms with Gasteiger partial charge in [-0.1, -0.05) is 62.7 Å². The van der Waals surface area contributed by atoms with E-state index in [2.05, 4.69) is 101 Å². The van der Waals surface area contributed by atoms with Crippen LogP contribution in [0, 0.1) is 12.8 Å². The molecule has 2 aromatic rings. The monoisotopic (exact) mass is 533 g/mol. The number of anilines is 1. The predicted octanol–water partition coefficient (Wildman–Crippen LogP) is 5.00. The van der Waals surface area contributed by atoms with E-state index in [0.29, 0.717) is 17.9 Å². The number of hydrogen-bond acceptors (Lipinski definition) is 4. The molecule has 5 rings (SSSR count). The van der Waals surface area contributed by atoms with Crippen molar-refractivity contribution in [3.63, 3.8) is 0 Å². The lowest BCUT2D eigenvalue weighted by atomic mass is 9.92. The second-order valence-corrected chi connectivity index (χ2v) is 11.9. The van der Waals surface area contributed by atoms with Crippen LogP contribution < -0.4 is 10.6 Å². The number of benzene rings is 2. The van der Waals surface area contributed by atoms with Gasteiger partial charge in [0.05, 0.1) is 11.7 Å². The lowest BCUT2D eigenvalue weighted by molar-refractivity contribution is -0.138. The number of nitrogens with one attached hydrogen (secondary N) is 2. The zero-order valence-corrected chi connectivity index (χ0v) is 24.0. The summed E-state index contributed by atoms with van der Waals surface area (Å²) in [7, 11) is 0. The molecule has 3 aliphatic heterocycles. The normalized spacial score (nSPS) is 23.1. The Morgan fingerprint density at radius 3 is 2.45 bits per heavy atom. The number of thiocarbonyl (C=S) groups is 1. The van der Waals surface area contributed by atoms with Gasteiger partial charge in [-0.2, -0.15) is 0 Å². The molecule has 3 heterocycles. The topological polar surface area (TPSA) is 50.9 Å². The average molecular weight is 534 g/mol. The third-order valence-electron chi connectivity index (χ3n) is 8.92. The van der Waals surface area contributed by atoms with Crippen molar-refractivity contribution >= 4 is 28.9 Å². The number of likely N-dealkylation sites (tertiary alicyclic amines) is 2. The number of rotatable bonds is 6. The van der Waals surface area contributed by atoms with Gasteiger partial charge in [-0.3, -0.25) is 15.0 Å². The maximum atomic E-state index is 13.9. The van der Waals surface area contributed by atoms with Gasteiger partial charge in [-0.05, 0) is 61.2 Å². The number of carbonyl (C=O) groups excluding carboxylic acids is 1. The summed E-state index contributed by atoms with van der Waals surface area (Å²) < 4.78 is 0. The molecular formula is C31H43N5OS. The fourth-order valence-electron chi connectivity index (χ4n) is 6.50. The van der Waals surface area contributed by atoms with Crippen LogP contribution in [0.3, 0.4) is 0 Å². The molecule has 2 unspecified atom stereocenters. The first-order chi connectivity index (χ1) is 18.4. The molecule has 3 fully saturated rings. The van der Waals surface area contributed by atoms with Gasteiger partial charge in [0, 0.05) is 57.3 Å². The van der Waals surface area contributed by atoms with Crippen molar-refractivity contribution in [2.75, 3.05) is 31.5 Å². The zero-order chi connectivity index (χ0) is 26.7. The fraction of sp³-hybridized carbons (Fsp3) is 0.548. The zero-order valence-electron chi connectivity index (χ0n) is 23.2. The summed E-state index contributed by atoms with van der Waals surface area (Å²) in [5.41, 5.74) is 3.34. The van der Waals surface area contributed by atoms with E-state index in [0.717, 1.165) is 75.6 Å². The van der Waals surface area contributed by atoms with E-state index in [4.69, 9.17) is 12.2 Å². The average Bonchev–Trinajstić information content (AvgIpc) is 3.21. The maximum absolute atomic E-state index is 13.9. The summed E-state index contributed by atoms with van der Waals surface area (Å²) in [6, 6.07) is 19.2. The van der Waals surface area contributed by atoms with E-state index in [1.807, 2.05) is 0 Å². The number of hydrogen-bond donors (Lipinski definition) is 2. The van der Waals surface area contributed by atoms with Crippen LogP contribution in [0.5, 0.6) is 0 Å². The first kappa shape index (κ1) is 27.1. The number of nitrogens with zero attached hydrogens (tertiary/aromatic N) is 3. The first-order valence-electron chi connectivity index (χ1n) is 14.4. The molecule has 2 aromatic carbocycles. The molecule has 3 aliphatic rings. The molecule has 204 valence electrons. The SMILES string of the molecule is CCC(C)C1NC2(CCN(C(=S)Nc3cccc(C)c3)CC2)N(C2CCN(Cc3ccccc3)CC2)C1=O. The highest BCUT2D eigenvalue weighted by molar-refractivity contribution is 7.80. The van der Waals surface area contributed by atoms with Gasteiger partial charge < -0.3 is 15.1 Å². The second-order valence-electron chi connectivity index (χ2n) is 11.5. The maximum Gasteiger partial charge on any atom is 0.241 e. The Balaban J connectivity index is 1.25. The number of aryl methyl sites for hydroxylation is 1. The molecular weight excluding hydrogens is 490 g/mol. The van der Waals surface area contributed by atoms with Gasteiger partial charge in [-0.25, -0.2) is 0 Å². The predicted molar refractivity (Wildman–Crippen MR) is 159 cm³/mol. The Morgan fingerprint density at radius 1 is 1.08 bits per heavy atom. The molecule has 0 aliphatic carbocycles. The molecule has 0 aromatic heterocycles. The number of amides is 1. The Hall–Kier alpha value is -2.48. The van der Waals surface area contributed by atoms with Crippen molar-refractivity contribution in [1.29, 1.82) is 0 Å². The summed E-state index contributed by atoms with van der Waals surface area (Å²) in [6.45, 7) is 11.2. The molecule has 1 spiro atoms. The van der Waals surface area contributed by atoms with Crippen LogP contribution in [0.25, 0.3) is 0 Å². The van der Waals surface area contributed by atoms with Gasteiger partial charge in [0.25, 0.3) is 0 Å². The van der Waals surface area contributed by atoms with E-state index in [-0.39, 0.29) is 11.7 Å². The van der Waals surface area contributed by atoms with Gasteiger partial charge >= 0.3 is 0 Å². The molecule has 3 saturated heterocycles. The minimum absolute atomic E-state index is 0.0914. The molecule has 2 N–H and O–H groups in total. The van der Waals surface area contributed by atoms with Crippen LogP contribution in [0.1, 0.15) is 57.1 Å². The lowest BCUT2D eigenvalue weighted by Crippen LogP contribution is -2.63. The highest BCUT2D eigenvalue weighted by Gasteiger charge is 2.55. The molecule has 38 heavy (non-hydrogen) atoms. The molecule has 0 radical (unpaired) electrons. The van der Waals surface area contributed by atoms with E-state index in [9.17, 15) is 4.79 Å². The van der Waals surface area contributed by atoms with Crippen LogP contribution in [0.4, 0.5) is 5.69 Å². The van der Waals surface area contributed by atoms with E-state index in [1.165, 1.54) is 11.1 Å². The highest BCUT2D eigenvalue weighted by atomic mass is 32.1. The van der Waals surface area contributed by atoms with Crippen LogP contribution in [0.2, 0.25) is 0 Å². The smallest absolute Gasteiger partial charge is 0.241 e. The van der Waals surface area contributed by atoms with Crippen molar-refractivity contribution in [3.8, 4) is 0 Å². The van der Waals surface area contributed by atoms with E-state index < -0.39 is 0 Å². The van der Waals surface area contributed by atoms with Gasteiger partial charge in [0.2, 0.25) is 5.91 Å². The third-order valence-corrected chi connectivity index (χ3v) is 9.28. The highest BCUT2D eigenvalue weighted by Crippen LogP contribution is 2.39. The Morgan fingerprint density at radius 2 is 1.79 bits per heavy atom. The molecule has 7 heteroatoms. The molecule has 1 amide bonds. The summed E-state index contributed by atoms with van der Waals surface area (Å²) >= 11 is 5.80. The van der Waals surface area contributed by atoms with Crippen molar-refractivity contribution in [2.24, 2.45) is 5.92 Å². The van der Waals surface area contributed by atoms with Gasteiger partial charge in [0.15, 0.2) is 5.11 Å². The number of carbonyl (C=O) groups is 1. The minimum Gasteiger partial charge on any atom is -0.349 e. The Bertz CT molecular complexity index is 1110. The summed E-state index contributed by atoms with van der Waals surface area (Å²) in [6.07, 6.45) is 4.86. The molecule has 0 bridgehead atoms. The van der Waals surface area contributed by atoms with Crippen LogP contribution in [-0.4, -0.2) is 69.6 Å². The lowest BCUT2D eigenvalue weighted by Gasteiger charge is -2.49. The summed E-state index contributed by atoms with van der Waals surface area (Å²) in [4.78, 5) is 21.0. The Kier molecular flexibility index (Phi) is 8.36. The van der Waals surface area contributed by atoms with Gasteiger partial charge in [0.1, 0.15) is 0 Å². The quantitative estimate of drug-likeness (QED) is 0.510. The molecule has 0 saturated carbocycles. The van der Waals surface area contributed by atoms with Crippen LogP contribution >= 0.6 is 12.2 Å². The fourth-order valence-corrected chi connectivity index (χ4v) is 6.80. The summed E-state index contributed by atoms with van der Waals surface area (Å²) in [5.74, 6) is 0.638. The molecule has 2 atom stereocenters. The second kappa shape index (κ2) is 11.7.